The Balaban J connectivity index is 1.52. The first-order valence-electron chi connectivity index (χ1n) is 12.1. The summed E-state index contributed by atoms with van der Waals surface area (Å²) in [5.74, 6) is -0.621. The lowest BCUT2D eigenvalue weighted by molar-refractivity contribution is -0.136. The smallest absolute Gasteiger partial charge is 0.416 e. The Hall–Kier alpha value is -2.48. The lowest BCUT2D eigenvalue weighted by Gasteiger charge is -2.43. The quantitative estimate of drug-likeness (QED) is 0.564. The first kappa shape index (κ1) is 24.6. The van der Waals surface area contributed by atoms with E-state index in [-0.39, 0.29) is 29.8 Å². The fourth-order valence-electron chi connectivity index (χ4n) is 5.20. The van der Waals surface area contributed by atoms with E-state index in [1.54, 1.807) is 0 Å². The molecule has 0 radical (unpaired) electrons. The SMILES string of the molecule is C[C@@H](C(=O)N1CCOC1=O)[C@@H]1CC[C@@H](CO[Si](c2ccccc2)(c2ccccc2)C(C)(C)C)O1. The second kappa shape index (κ2) is 10.0. The number of hydrogen-bond donors (Lipinski definition) is 0. The molecule has 2 aliphatic heterocycles. The molecule has 2 heterocycles. The highest BCUT2D eigenvalue weighted by atomic mass is 28.4. The molecule has 6 nitrogen and oxygen atoms in total. The molecule has 4 rings (SSSR count). The number of cyclic esters (lactones) is 1. The highest BCUT2D eigenvalue weighted by Gasteiger charge is 2.51. The zero-order valence-electron chi connectivity index (χ0n) is 20.5. The molecule has 0 saturated carbocycles. The average Bonchev–Trinajstić information content (AvgIpc) is 3.48. The maximum absolute atomic E-state index is 12.8. The molecule has 2 aromatic carbocycles. The van der Waals surface area contributed by atoms with Gasteiger partial charge in [-0.05, 0) is 28.3 Å². The van der Waals surface area contributed by atoms with Crippen molar-refractivity contribution < 1.29 is 23.5 Å². The second-order valence-electron chi connectivity index (χ2n) is 10.2. The lowest BCUT2D eigenvalue weighted by Crippen LogP contribution is -2.67. The molecule has 2 aromatic rings. The van der Waals surface area contributed by atoms with Gasteiger partial charge >= 0.3 is 6.09 Å². The minimum absolute atomic E-state index is 0.0903. The van der Waals surface area contributed by atoms with Crippen molar-refractivity contribution in [2.75, 3.05) is 19.8 Å². The van der Waals surface area contributed by atoms with Crippen LogP contribution in [0.15, 0.2) is 60.7 Å². The summed E-state index contributed by atoms with van der Waals surface area (Å²) in [5.41, 5.74) is 0. The third-order valence-corrected chi connectivity index (χ3v) is 12.0. The number of ether oxygens (including phenoxy) is 2. The van der Waals surface area contributed by atoms with E-state index in [2.05, 4.69) is 69.3 Å². The summed E-state index contributed by atoms with van der Waals surface area (Å²) < 4.78 is 18.2. The number of amides is 2. The topological polar surface area (TPSA) is 65.1 Å². The Labute approximate surface area is 203 Å². The van der Waals surface area contributed by atoms with Gasteiger partial charge in [-0.25, -0.2) is 9.69 Å². The largest absolute Gasteiger partial charge is 0.447 e. The van der Waals surface area contributed by atoms with Crippen LogP contribution in [0.4, 0.5) is 4.79 Å². The van der Waals surface area contributed by atoms with Gasteiger partial charge in [-0.1, -0.05) is 88.4 Å². The summed E-state index contributed by atoms with van der Waals surface area (Å²) in [5, 5.41) is 2.37. The van der Waals surface area contributed by atoms with Crippen molar-refractivity contribution in [2.45, 2.75) is 57.8 Å². The van der Waals surface area contributed by atoms with Gasteiger partial charge in [-0.15, -0.1) is 0 Å². The van der Waals surface area contributed by atoms with Gasteiger partial charge in [0.05, 0.1) is 31.3 Å². The molecule has 0 aliphatic carbocycles. The van der Waals surface area contributed by atoms with E-state index in [1.807, 2.05) is 19.1 Å². The van der Waals surface area contributed by atoms with Gasteiger partial charge < -0.3 is 13.9 Å². The van der Waals surface area contributed by atoms with Crippen LogP contribution in [0.25, 0.3) is 0 Å². The van der Waals surface area contributed by atoms with Gasteiger partial charge in [0, 0.05) is 0 Å². The molecule has 2 fully saturated rings. The molecule has 2 aliphatic rings. The molecule has 7 heteroatoms. The van der Waals surface area contributed by atoms with Crippen LogP contribution >= 0.6 is 0 Å². The zero-order chi connectivity index (χ0) is 24.3. The number of hydrogen-bond acceptors (Lipinski definition) is 5. The Morgan fingerprint density at radius 3 is 2.15 bits per heavy atom. The number of nitrogens with zero attached hydrogens (tertiary/aromatic N) is 1. The van der Waals surface area contributed by atoms with Crippen molar-refractivity contribution in [3.8, 4) is 0 Å². The van der Waals surface area contributed by atoms with Gasteiger partial charge in [-0.3, -0.25) is 4.79 Å². The van der Waals surface area contributed by atoms with Gasteiger partial charge in [0.15, 0.2) is 0 Å². The number of carbonyl (C=O) groups is 2. The van der Waals surface area contributed by atoms with E-state index in [4.69, 9.17) is 13.9 Å². The molecule has 0 aromatic heterocycles. The Morgan fingerprint density at radius 1 is 1.06 bits per heavy atom. The predicted molar refractivity (Wildman–Crippen MR) is 134 cm³/mol. The van der Waals surface area contributed by atoms with Crippen molar-refractivity contribution in [1.29, 1.82) is 0 Å². The highest BCUT2D eigenvalue weighted by molar-refractivity contribution is 6.99. The summed E-state index contributed by atoms with van der Waals surface area (Å²) in [6.07, 6.45) is 0.720. The molecular weight excluding hydrogens is 446 g/mol. The van der Waals surface area contributed by atoms with Crippen LogP contribution in [-0.2, 0) is 18.7 Å². The van der Waals surface area contributed by atoms with Crippen molar-refractivity contribution in [3.05, 3.63) is 60.7 Å². The van der Waals surface area contributed by atoms with E-state index >= 15 is 0 Å². The van der Waals surface area contributed by atoms with Crippen LogP contribution in [0.1, 0.15) is 40.5 Å². The van der Waals surface area contributed by atoms with Gasteiger partial charge in [0.1, 0.15) is 6.61 Å². The van der Waals surface area contributed by atoms with Crippen molar-refractivity contribution in [1.82, 2.24) is 4.90 Å². The van der Waals surface area contributed by atoms with E-state index in [9.17, 15) is 9.59 Å². The summed E-state index contributed by atoms with van der Waals surface area (Å²) >= 11 is 0. The molecule has 3 atom stereocenters. The zero-order valence-corrected chi connectivity index (χ0v) is 21.5. The van der Waals surface area contributed by atoms with Crippen molar-refractivity contribution in [2.24, 2.45) is 5.92 Å². The molecule has 182 valence electrons. The number of benzene rings is 2. The third-order valence-electron chi connectivity index (χ3n) is 7.02. The van der Waals surface area contributed by atoms with Crippen LogP contribution < -0.4 is 10.4 Å². The highest BCUT2D eigenvalue weighted by Crippen LogP contribution is 2.37. The molecule has 2 saturated heterocycles. The van der Waals surface area contributed by atoms with Crippen molar-refractivity contribution >= 4 is 30.7 Å². The maximum Gasteiger partial charge on any atom is 0.416 e. The third kappa shape index (κ3) is 4.69. The molecule has 0 spiro atoms. The van der Waals surface area contributed by atoms with E-state index in [0.717, 1.165) is 12.8 Å². The number of rotatable bonds is 7. The predicted octanol–water partition coefficient (Wildman–Crippen LogP) is 3.73. The Bertz CT molecular complexity index is 952. The van der Waals surface area contributed by atoms with Crippen LogP contribution in [-0.4, -0.2) is 57.2 Å². The van der Waals surface area contributed by atoms with Gasteiger partial charge in [-0.2, -0.15) is 0 Å². The first-order valence-corrected chi connectivity index (χ1v) is 14.0. The monoisotopic (exact) mass is 481 g/mol. The van der Waals surface area contributed by atoms with E-state index in [1.165, 1.54) is 15.3 Å². The Morgan fingerprint density at radius 2 is 1.65 bits per heavy atom. The summed E-state index contributed by atoms with van der Waals surface area (Å²) in [7, 11) is -2.63. The summed E-state index contributed by atoms with van der Waals surface area (Å²) in [6.45, 7) is 9.65. The minimum Gasteiger partial charge on any atom is -0.447 e. The maximum atomic E-state index is 12.8. The van der Waals surface area contributed by atoms with E-state index in [0.29, 0.717) is 13.2 Å². The fraction of sp³-hybridized carbons (Fsp3) is 0.481. The van der Waals surface area contributed by atoms with Crippen LogP contribution in [0, 0.1) is 5.92 Å². The van der Waals surface area contributed by atoms with Crippen LogP contribution in [0.5, 0.6) is 0 Å². The lowest BCUT2D eigenvalue weighted by atomic mass is 10.0. The van der Waals surface area contributed by atoms with Crippen molar-refractivity contribution in [3.63, 3.8) is 0 Å². The first-order chi connectivity index (χ1) is 16.2. The number of imide groups is 1. The van der Waals surface area contributed by atoms with Gasteiger partial charge in [0.2, 0.25) is 5.91 Å². The van der Waals surface area contributed by atoms with Crippen LogP contribution in [0.3, 0.4) is 0 Å². The molecule has 2 amide bonds. The number of carbonyl (C=O) groups excluding carboxylic acids is 2. The normalized spacial score (nSPS) is 22.0. The summed E-state index contributed by atoms with van der Waals surface area (Å²) in [6, 6.07) is 21.1. The standard InChI is InChI=1S/C27H35NO5Si/c1-20(25(29)28-17-18-31-26(28)30)24-16-15-21(33-24)19-32-34(27(2,3)4,22-11-7-5-8-12-22)23-13-9-6-10-14-23/h5-14,20-21,24H,15-19H2,1-4H3/t20-,21+,24+/m1/s1. The molecular formula is C27H35NO5Si. The minimum atomic E-state index is -2.63. The molecule has 0 bridgehead atoms. The molecule has 0 N–H and O–H groups in total. The fourth-order valence-corrected chi connectivity index (χ4v) is 9.79. The van der Waals surface area contributed by atoms with E-state index < -0.39 is 20.3 Å². The average molecular weight is 482 g/mol. The second-order valence-corrected chi connectivity index (χ2v) is 14.5. The molecule has 34 heavy (non-hydrogen) atoms. The van der Waals surface area contributed by atoms with Gasteiger partial charge in [0.25, 0.3) is 8.32 Å². The van der Waals surface area contributed by atoms with Crippen LogP contribution in [0.2, 0.25) is 5.04 Å². The molecule has 0 unspecified atom stereocenters. The summed E-state index contributed by atoms with van der Waals surface area (Å²) in [4.78, 5) is 25.8. The Kier molecular flexibility index (Phi) is 7.26.